The van der Waals surface area contributed by atoms with Crippen LogP contribution < -0.4 is 11.1 Å². The maximum absolute atomic E-state index is 13.8. The standard InChI is InChI=1S/C23H22F5N5O3/c1-2-32(21(35)14-6-4-3-5-7-14)13-22(36,23(26,27)28)12-30-20(34)18-11-31-33(19(18)29)17-9-15(24)8-16(25)10-17/h3-11,36H,2,12-13,29H2,1H3,(H,30,34). The lowest BCUT2D eigenvalue weighted by atomic mass is 10.0. The summed E-state index contributed by atoms with van der Waals surface area (Å²) < 4.78 is 69.4. The summed E-state index contributed by atoms with van der Waals surface area (Å²) in [6.07, 6.45) is -4.32. The van der Waals surface area contributed by atoms with E-state index in [4.69, 9.17) is 5.73 Å². The van der Waals surface area contributed by atoms with Gasteiger partial charge in [-0.1, -0.05) is 18.2 Å². The second kappa shape index (κ2) is 10.3. The molecule has 1 aromatic heterocycles. The van der Waals surface area contributed by atoms with E-state index >= 15 is 0 Å². The van der Waals surface area contributed by atoms with E-state index in [0.717, 1.165) is 27.9 Å². The van der Waals surface area contributed by atoms with Gasteiger partial charge in [0.15, 0.2) is 5.60 Å². The Bertz CT molecular complexity index is 1230. The van der Waals surface area contributed by atoms with Crippen LogP contribution in [-0.2, 0) is 0 Å². The lowest BCUT2D eigenvalue weighted by molar-refractivity contribution is -0.259. The average Bonchev–Trinajstić information content (AvgIpc) is 3.21. The van der Waals surface area contributed by atoms with Gasteiger partial charge in [0.1, 0.15) is 23.0 Å². The summed E-state index contributed by atoms with van der Waals surface area (Å²) in [5.41, 5.74) is 1.90. The second-order valence-electron chi connectivity index (χ2n) is 7.88. The number of nitrogens with zero attached hydrogens (tertiary/aromatic N) is 3. The number of nitrogens with one attached hydrogen (secondary N) is 1. The number of aliphatic hydroxyl groups is 1. The van der Waals surface area contributed by atoms with Gasteiger partial charge in [0.25, 0.3) is 11.8 Å². The SMILES string of the molecule is CCN(CC(O)(CNC(=O)c1cnn(-c2cc(F)cc(F)c2)c1N)C(F)(F)F)C(=O)c1ccccc1. The number of nitrogens with two attached hydrogens (primary N) is 1. The Balaban J connectivity index is 1.79. The van der Waals surface area contributed by atoms with Gasteiger partial charge in [-0.2, -0.15) is 18.3 Å². The van der Waals surface area contributed by atoms with Crippen molar-refractivity contribution < 1.29 is 36.6 Å². The highest BCUT2D eigenvalue weighted by atomic mass is 19.4. The van der Waals surface area contributed by atoms with Crippen molar-refractivity contribution in [2.75, 3.05) is 25.4 Å². The number of aromatic nitrogens is 2. The number of hydrogen-bond donors (Lipinski definition) is 3. The van der Waals surface area contributed by atoms with E-state index in [1.807, 2.05) is 5.32 Å². The first-order valence-corrected chi connectivity index (χ1v) is 10.6. The van der Waals surface area contributed by atoms with Crippen LogP contribution in [0.1, 0.15) is 27.6 Å². The molecule has 36 heavy (non-hydrogen) atoms. The Morgan fingerprint density at radius 1 is 1.11 bits per heavy atom. The topological polar surface area (TPSA) is 113 Å². The maximum Gasteiger partial charge on any atom is 0.420 e. The molecule has 13 heteroatoms. The van der Waals surface area contributed by atoms with Crippen molar-refractivity contribution in [1.82, 2.24) is 20.0 Å². The van der Waals surface area contributed by atoms with Crippen LogP contribution in [-0.4, -0.2) is 63.0 Å². The zero-order valence-electron chi connectivity index (χ0n) is 18.9. The highest BCUT2D eigenvalue weighted by Crippen LogP contribution is 2.31. The highest BCUT2D eigenvalue weighted by molar-refractivity contribution is 5.98. The first-order valence-electron chi connectivity index (χ1n) is 10.6. The molecule has 0 aliphatic carbocycles. The number of amides is 2. The molecule has 0 radical (unpaired) electrons. The Morgan fingerprint density at radius 3 is 2.28 bits per heavy atom. The number of nitrogen functional groups attached to an aromatic ring is 1. The molecule has 192 valence electrons. The number of carbonyl (C=O) groups is 2. The Morgan fingerprint density at radius 2 is 1.72 bits per heavy atom. The average molecular weight is 511 g/mol. The summed E-state index contributed by atoms with van der Waals surface area (Å²) in [5, 5.41) is 16.2. The van der Waals surface area contributed by atoms with Gasteiger partial charge in [-0.3, -0.25) is 9.59 Å². The van der Waals surface area contributed by atoms with Crippen LogP contribution in [0.3, 0.4) is 0 Å². The van der Waals surface area contributed by atoms with E-state index in [9.17, 15) is 36.6 Å². The largest absolute Gasteiger partial charge is 0.420 e. The molecule has 1 atom stereocenters. The van der Waals surface area contributed by atoms with Gasteiger partial charge >= 0.3 is 6.18 Å². The van der Waals surface area contributed by atoms with Crippen LogP contribution in [0.5, 0.6) is 0 Å². The zero-order chi connectivity index (χ0) is 26.7. The first-order chi connectivity index (χ1) is 16.9. The third-order valence-electron chi connectivity index (χ3n) is 5.35. The molecule has 8 nitrogen and oxygen atoms in total. The molecule has 1 unspecified atom stereocenters. The van der Waals surface area contributed by atoms with Crippen molar-refractivity contribution in [1.29, 1.82) is 0 Å². The summed E-state index contributed by atoms with van der Waals surface area (Å²) >= 11 is 0. The summed E-state index contributed by atoms with van der Waals surface area (Å²) in [7, 11) is 0. The fourth-order valence-corrected chi connectivity index (χ4v) is 3.37. The van der Waals surface area contributed by atoms with Gasteiger partial charge < -0.3 is 21.1 Å². The fourth-order valence-electron chi connectivity index (χ4n) is 3.37. The van der Waals surface area contributed by atoms with Crippen molar-refractivity contribution in [3.05, 3.63) is 77.5 Å². The predicted molar refractivity (Wildman–Crippen MR) is 119 cm³/mol. The molecule has 0 spiro atoms. The molecular formula is C23H22F5N5O3. The molecule has 0 bridgehead atoms. The Kier molecular flexibility index (Phi) is 7.62. The number of carbonyl (C=O) groups excluding carboxylic acids is 2. The van der Waals surface area contributed by atoms with E-state index in [1.165, 1.54) is 19.1 Å². The molecule has 1 heterocycles. The minimum atomic E-state index is -5.22. The number of alkyl halides is 3. The maximum atomic E-state index is 13.8. The van der Waals surface area contributed by atoms with Crippen LogP contribution in [0.4, 0.5) is 27.8 Å². The van der Waals surface area contributed by atoms with Crippen LogP contribution in [0, 0.1) is 11.6 Å². The molecule has 3 rings (SSSR count). The number of anilines is 1. The molecule has 2 aromatic carbocycles. The predicted octanol–water partition coefficient (Wildman–Crippen LogP) is 2.92. The summed E-state index contributed by atoms with van der Waals surface area (Å²) in [6, 6.07) is 9.94. The van der Waals surface area contributed by atoms with Gasteiger partial charge in [-0.25, -0.2) is 13.5 Å². The van der Waals surface area contributed by atoms with Gasteiger partial charge in [0, 0.05) is 18.2 Å². The highest BCUT2D eigenvalue weighted by Gasteiger charge is 2.55. The molecule has 0 saturated carbocycles. The normalized spacial score (nSPS) is 13.2. The number of hydrogen-bond acceptors (Lipinski definition) is 5. The van der Waals surface area contributed by atoms with Crippen molar-refractivity contribution in [2.45, 2.75) is 18.7 Å². The smallest absolute Gasteiger partial charge is 0.383 e. The second-order valence-corrected chi connectivity index (χ2v) is 7.88. The van der Waals surface area contributed by atoms with Gasteiger partial charge in [-0.15, -0.1) is 0 Å². The molecule has 0 aliphatic heterocycles. The molecular weight excluding hydrogens is 489 g/mol. The Labute approximate surface area is 202 Å². The molecule has 2 amide bonds. The fraction of sp³-hybridized carbons (Fsp3) is 0.261. The van der Waals surface area contributed by atoms with Crippen LogP contribution in [0.2, 0.25) is 0 Å². The number of benzene rings is 2. The van der Waals surface area contributed by atoms with Crippen molar-refractivity contribution in [3.8, 4) is 5.69 Å². The van der Waals surface area contributed by atoms with Crippen molar-refractivity contribution >= 4 is 17.6 Å². The minimum Gasteiger partial charge on any atom is -0.383 e. The monoisotopic (exact) mass is 511 g/mol. The summed E-state index contributed by atoms with van der Waals surface area (Å²) in [5.74, 6) is -4.14. The molecule has 3 aromatic rings. The van der Waals surface area contributed by atoms with Crippen molar-refractivity contribution in [2.24, 2.45) is 0 Å². The van der Waals surface area contributed by atoms with Crippen LogP contribution in [0.25, 0.3) is 5.69 Å². The van der Waals surface area contributed by atoms with E-state index in [0.29, 0.717) is 6.07 Å². The van der Waals surface area contributed by atoms with Crippen LogP contribution >= 0.6 is 0 Å². The zero-order valence-corrected chi connectivity index (χ0v) is 18.9. The van der Waals surface area contributed by atoms with E-state index in [1.54, 1.807) is 18.2 Å². The molecule has 0 aliphatic rings. The quantitative estimate of drug-likeness (QED) is 0.403. The molecule has 4 N–H and O–H groups in total. The van der Waals surface area contributed by atoms with Gasteiger partial charge in [0.05, 0.1) is 25.0 Å². The van der Waals surface area contributed by atoms with E-state index in [-0.39, 0.29) is 17.8 Å². The lowest BCUT2D eigenvalue weighted by Gasteiger charge is -2.35. The number of halogens is 5. The lowest BCUT2D eigenvalue weighted by Crippen LogP contribution is -2.60. The molecule has 0 fully saturated rings. The molecule has 0 saturated heterocycles. The van der Waals surface area contributed by atoms with E-state index in [2.05, 4.69) is 5.10 Å². The third-order valence-corrected chi connectivity index (χ3v) is 5.35. The first kappa shape index (κ1) is 26.6. The number of likely N-dealkylation sites (N-methyl/N-ethyl adjacent to an activating group) is 1. The number of rotatable bonds is 8. The van der Waals surface area contributed by atoms with Gasteiger partial charge in [-0.05, 0) is 31.2 Å². The summed E-state index contributed by atoms with van der Waals surface area (Å²) in [6.45, 7) is -1.17. The van der Waals surface area contributed by atoms with Crippen molar-refractivity contribution in [3.63, 3.8) is 0 Å². The summed E-state index contributed by atoms with van der Waals surface area (Å²) in [4.78, 5) is 26.0. The van der Waals surface area contributed by atoms with Crippen LogP contribution in [0.15, 0.2) is 54.7 Å². The third kappa shape index (κ3) is 5.62. The van der Waals surface area contributed by atoms with E-state index < -0.39 is 59.7 Å². The Hall–Kier alpha value is -4.00. The minimum absolute atomic E-state index is 0.127. The van der Waals surface area contributed by atoms with Gasteiger partial charge in [0.2, 0.25) is 0 Å².